The Labute approximate surface area is 154 Å². The minimum Gasteiger partial charge on any atom is -0.487 e. The Bertz CT molecular complexity index is 846. The molecule has 0 saturated heterocycles. The number of hydrogen-bond donors (Lipinski definition) is 1. The molecule has 128 valence electrons. The van der Waals surface area contributed by atoms with Crippen molar-refractivity contribution >= 4 is 17.3 Å². The van der Waals surface area contributed by atoms with E-state index >= 15 is 0 Å². The molecule has 1 N–H and O–H groups in total. The summed E-state index contributed by atoms with van der Waals surface area (Å²) in [6.07, 6.45) is 0. The molecule has 0 aliphatic heterocycles. The first-order valence-corrected chi connectivity index (χ1v) is 8.76. The van der Waals surface area contributed by atoms with Crippen molar-refractivity contribution in [1.82, 2.24) is 0 Å². The molecule has 3 rings (SSSR count). The molecule has 0 saturated carbocycles. The van der Waals surface area contributed by atoms with Crippen LogP contribution in [0.2, 0.25) is 5.02 Å². The molecule has 0 fully saturated rings. The molecular formula is C22H22ClNO. The molecule has 0 unspecified atom stereocenters. The number of aryl methyl sites for hydroxylation is 2. The number of nitrogens with one attached hydrogen (secondary N) is 1. The van der Waals surface area contributed by atoms with Gasteiger partial charge in [-0.15, -0.1) is 0 Å². The average Bonchev–Trinajstić information content (AvgIpc) is 2.63. The maximum atomic E-state index is 6.37. The van der Waals surface area contributed by atoms with Crippen molar-refractivity contribution in [2.45, 2.75) is 27.0 Å². The van der Waals surface area contributed by atoms with E-state index in [4.69, 9.17) is 16.3 Å². The van der Waals surface area contributed by atoms with Crippen molar-refractivity contribution in [3.8, 4) is 5.75 Å². The van der Waals surface area contributed by atoms with Gasteiger partial charge in [-0.3, -0.25) is 0 Å². The highest BCUT2D eigenvalue weighted by atomic mass is 35.5. The molecule has 3 heteroatoms. The molecule has 2 nitrogen and oxygen atoms in total. The van der Waals surface area contributed by atoms with Crippen LogP contribution < -0.4 is 10.1 Å². The van der Waals surface area contributed by atoms with Gasteiger partial charge in [-0.05, 0) is 60.4 Å². The van der Waals surface area contributed by atoms with Crippen LogP contribution in [-0.2, 0) is 13.2 Å². The fraction of sp³-hybridized carbons (Fsp3) is 0.182. The van der Waals surface area contributed by atoms with E-state index in [9.17, 15) is 0 Å². The van der Waals surface area contributed by atoms with Gasteiger partial charge in [0.1, 0.15) is 12.4 Å². The third-order valence-corrected chi connectivity index (χ3v) is 4.53. The van der Waals surface area contributed by atoms with Gasteiger partial charge in [-0.1, -0.05) is 54.1 Å². The summed E-state index contributed by atoms with van der Waals surface area (Å²) in [5.41, 5.74) is 5.94. The topological polar surface area (TPSA) is 21.3 Å². The minimum atomic E-state index is 0.515. The number of anilines is 1. The van der Waals surface area contributed by atoms with E-state index in [0.717, 1.165) is 23.4 Å². The summed E-state index contributed by atoms with van der Waals surface area (Å²) in [4.78, 5) is 0. The second kappa shape index (κ2) is 8.09. The monoisotopic (exact) mass is 351 g/mol. The summed E-state index contributed by atoms with van der Waals surface area (Å²) in [5, 5.41) is 4.07. The van der Waals surface area contributed by atoms with E-state index < -0.39 is 0 Å². The zero-order valence-electron chi connectivity index (χ0n) is 14.6. The van der Waals surface area contributed by atoms with Crippen LogP contribution in [0.15, 0.2) is 66.7 Å². The molecule has 0 radical (unpaired) electrons. The Balaban J connectivity index is 1.60. The predicted molar refractivity (Wildman–Crippen MR) is 105 cm³/mol. The molecule has 25 heavy (non-hydrogen) atoms. The first-order valence-electron chi connectivity index (χ1n) is 8.38. The van der Waals surface area contributed by atoms with Gasteiger partial charge in [-0.25, -0.2) is 0 Å². The highest BCUT2D eigenvalue weighted by molar-refractivity contribution is 6.32. The van der Waals surface area contributed by atoms with Crippen molar-refractivity contribution in [2.75, 3.05) is 5.32 Å². The summed E-state index contributed by atoms with van der Waals surface area (Å²) in [7, 11) is 0. The predicted octanol–water partition coefficient (Wildman–Crippen LogP) is 6.15. The van der Waals surface area contributed by atoms with E-state index in [1.165, 1.54) is 11.1 Å². The Morgan fingerprint density at radius 1 is 0.840 bits per heavy atom. The third-order valence-electron chi connectivity index (χ3n) is 4.24. The van der Waals surface area contributed by atoms with Crippen molar-refractivity contribution in [3.63, 3.8) is 0 Å². The van der Waals surface area contributed by atoms with E-state index in [-0.39, 0.29) is 0 Å². The Kier molecular flexibility index (Phi) is 5.62. The molecule has 0 aliphatic carbocycles. The standard InChI is InChI=1S/C22H22ClNO/c1-16-8-10-20(12-17(16)2)24-14-19-9-11-22(21(23)13-19)25-15-18-6-4-3-5-7-18/h3-13,24H,14-15H2,1-2H3. The molecule has 0 spiro atoms. The minimum absolute atomic E-state index is 0.515. The molecule has 3 aromatic carbocycles. The van der Waals surface area contributed by atoms with Crippen LogP contribution in [-0.4, -0.2) is 0 Å². The lowest BCUT2D eigenvalue weighted by atomic mass is 10.1. The van der Waals surface area contributed by atoms with E-state index in [2.05, 4.69) is 37.4 Å². The molecule has 0 bridgehead atoms. The Morgan fingerprint density at radius 2 is 1.64 bits per heavy atom. The van der Waals surface area contributed by atoms with Crippen LogP contribution >= 0.6 is 11.6 Å². The van der Waals surface area contributed by atoms with Gasteiger partial charge in [0.2, 0.25) is 0 Å². The van der Waals surface area contributed by atoms with Gasteiger partial charge in [0.25, 0.3) is 0 Å². The maximum absolute atomic E-state index is 6.37. The zero-order valence-corrected chi connectivity index (χ0v) is 15.3. The smallest absolute Gasteiger partial charge is 0.138 e. The van der Waals surface area contributed by atoms with Crippen molar-refractivity contribution in [2.24, 2.45) is 0 Å². The van der Waals surface area contributed by atoms with Gasteiger partial charge in [-0.2, -0.15) is 0 Å². The van der Waals surface area contributed by atoms with Crippen molar-refractivity contribution < 1.29 is 4.74 Å². The molecule has 0 heterocycles. The average molecular weight is 352 g/mol. The van der Waals surface area contributed by atoms with Crippen molar-refractivity contribution in [3.05, 3.63) is 94.0 Å². The number of hydrogen-bond acceptors (Lipinski definition) is 2. The first kappa shape index (κ1) is 17.4. The van der Waals surface area contributed by atoms with Crippen LogP contribution in [0.25, 0.3) is 0 Å². The van der Waals surface area contributed by atoms with Crippen LogP contribution in [0.5, 0.6) is 5.75 Å². The van der Waals surface area contributed by atoms with Crippen LogP contribution in [0, 0.1) is 13.8 Å². The fourth-order valence-corrected chi connectivity index (χ4v) is 2.82. The van der Waals surface area contributed by atoms with Crippen LogP contribution in [0.3, 0.4) is 0 Å². The van der Waals surface area contributed by atoms with Gasteiger partial charge >= 0.3 is 0 Å². The largest absolute Gasteiger partial charge is 0.487 e. The SMILES string of the molecule is Cc1ccc(NCc2ccc(OCc3ccccc3)c(Cl)c2)cc1C. The van der Waals surface area contributed by atoms with E-state index in [1.54, 1.807) is 0 Å². The summed E-state index contributed by atoms with van der Waals surface area (Å²) < 4.78 is 5.82. The summed E-state index contributed by atoms with van der Waals surface area (Å²) in [5.74, 6) is 0.709. The fourth-order valence-electron chi connectivity index (χ4n) is 2.56. The lowest BCUT2D eigenvalue weighted by Crippen LogP contribution is -2.01. The number of benzene rings is 3. The quantitative estimate of drug-likeness (QED) is 0.575. The van der Waals surface area contributed by atoms with E-state index in [0.29, 0.717) is 17.4 Å². The Hall–Kier alpha value is -2.45. The van der Waals surface area contributed by atoms with Crippen LogP contribution in [0.4, 0.5) is 5.69 Å². The summed E-state index contributed by atoms with van der Waals surface area (Å²) in [6, 6.07) is 22.4. The van der Waals surface area contributed by atoms with Gasteiger partial charge < -0.3 is 10.1 Å². The second-order valence-electron chi connectivity index (χ2n) is 6.19. The second-order valence-corrected chi connectivity index (χ2v) is 6.60. The number of rotatable bonds is 6. The van der Waals surface area contributed by atoms with Gasteiger partial charge in [0, 0.05) is 12.2 Å². The Morgan fingerprint density at radius 3 is 2.36 bits per heavy atom. The normalized spacial score (nSPS) is 10.5. The van der Waals surface area contributed by atoms with Gasteiger partial charge in [0.05, 0.1) is 5.02 Å². The maximum Gasteiger partial charge on any atom is 0.138 e. The molecule has 0 aliphatic rings. The summed E-state index contributed by atoms with van der Waals surface area (Å²) >= 11 is 6.37. The molecule has 0 aromatic heterocycles. The molecular weight excluding hydrogens is 330 g/mol. The van der Waals surface area contributed by atoms with Crippen molar-refractivity contribution in [1.29, 1.82) is 0 Å². The highest BCUT2D eigenvalue weighted by Crippen LogP contribution is 2.27. The lowest BCUT2D eigenvalue weighted by molar-refractivity contribution is 0.306. The number of ether oxygens (including phenoxy) is 1. The third kappa shape index (κ3) is 4.77. The molecule has 3 aromatic rings. The van der Waals surface area contributed by atoms with E-state index in [1.807, 2.05) is 48.5 Å². The zero-order chi connectivity index (χ0) is 17.6. The molecule has 0 atom stereocenters. The number of halogens is 1. The highest BCUT2D eigenvalue weighted by Gasteiger charge is 2.04. The lowest BCUT2D eigenvalue weighted by Gasteiger charge is -2.12. The summed E-state index contributed by atoms with van der Waals surface area (Å²) in [6.45, 7) is 5.48. The first-order chi connectivity index (χ1) is 12.1. The molecule has 0 amide bonds. The van der Waals surface area contributed by atoms with Gasteiger partial charge in [0.15, 0.2) is 0 Å². The van der Waals surface area contributed by atoms with Crippen LogP contribution in [0.1, 0.15) is 22.3 Å².